The minimum Gasteiger partial charge on any atom is -1.00 e. The maximum Gasteiger partial charge on any atom is 2.00 e. The van der Waals surface area contributed by atoms with Crippen molar-refractivity contribution in [1.82, 2.24) is 49.0 Å². The van der Waals surface area contributed by atoms with E-state index in [1.165, 1.54) is 42.6 Å². The van der Waals surface area contributed by atoms with E-state index in [0.717, 1.165) is 15.3 Å². The van der Waals surface area contributed by atoms with Crippen LogP contribution in [0.4, 0.5) is 13.2 Å². The zero-order valence-electron chi connectivity index (χ0n) is 59.4. The summed E-state index contributed by atoms with van der Waals surface area (Å²) >= 11 is 28.6. The molecule has 0 aliphatic heterocycles. The number of hydrogen-bond donors (Lipinski definition) is 3. The molecule has 5 aromatic carbocycles. The average molecular weight is 1700 g/mol. The van der Waals surface area contributed by atoms with Gasteiger partial charge in [0.2, 0.25) is 11.8 Å². The largest absolute Gasteiger partial charge is 2.00 e. The van der Waals surface area contributed by atoms with E-state index >= 15 is 4.39 Å². The molecule has 16 rings (SSSR count). The molecule has 578 valence electrons. The van der Waals surface area contributed by atoms with Crippen molar-refractivity contribution in [2.24, 2.45) is 0 Å². The van der Waals surface area contributed by atoms with Gasteiger partial charge in [-0.2, -0.15) is 35.0 Å². The second-order valence-corrected chi connectivity index (χ2v) is 28.3. The number of rotatable bonds is 12. The number of ether oxygens (including phenoxy) is 3. The third kappa shape index (κ3) is 23.8. The Morgan fingerprint density at radius 3 is 1.31 bits per heavy atom. The third-order valence-corrected chi connectivity index (χ3v) is 19.0. The molecule has 0 spiro atoms. The molecule has 6 heterocycles. The summed E-state index contributed by atoms with van der Waals surface area (Å²) in [5, 5.41) is 33.1. The Bertz CT molecular complexity index is 5150. The second-order valence-electron chi connectivity index (χ2n) is 26.1. The van der Waals surface area contributed by atoms with Crippen LogP contribution >= 0.6 is 58.0 Å². The molecule has 111 heavy (non-hydrogen) atoms. The quantitative estimate of drug-likeness (QED) is 0.0443. The summed E-state index contributed by atoms with van der Waals surface area (Å²) in [5.74, 6) is -1.95. The number of nitrogens with zero attached hydrogens (tertiary/aromatic N) is 9. The number of nitrogens with one attached hydrogen (secondary N) is 1. The molecule has 6 aromatic heterocycles. The summed E-state index contributed by atoms with van der Waals surface area (Å²) in [4.78, 5) is 106. The molecule has 0 amide bonds. The fourth-order valence-corrected chi connectivity index (χ4v) is 12.7. The number of pyridine rings is 2. The molecule has 0 bridgehead atoms. The maximum absolute atomic E-state index is 15.1. The average Bonchev–Trinajstić information content (AvgIpc) is 1.75. The topological polar surface area (TPSA) is 339 Å². The van der Waals surface area contributed by atoms with E-state index < -0.39 is 46.3 Å². The Morgan fingerprint density at radius 1 is 0.532 bits per heavy atom. The fourth-order valence-electron chi connectivity index (χ4n) is 12.1. The number of ketones is 1. The molecule has 0 atom stereocenters. The minimum atomic E-state index is -1.54. The number of fused-ring (bicyclic) bond motifs is 2. The molecule has 5 aliphatic carbocycles. The van der Waals surface area contributed by atoms with E-state index in [9.17, 15) is 52.2 Å². The summed E-state index contributed by atoms with van der Waals surface area (Å²) in [6.45, 7) is 4.03. The SMILES string of the molecule is CC(=O)OC1CC(=O)C1.CC(=O)OC1CC(F)(c2ccc(Cl)cc2)C1.CC(=O)OC1CC(O)(c2ccc(Cl)cc2)C1.Clc1cc[c-]cc1.O=c1[nH]nc(Cn2cnc3ncccc3c2=O)o1.O=c1c2cccnc2ncn1Cc1nn(C2CC(F)(c3ccc(Cl)cc3)C2)c(=O)o1.OC1CC(F)(c2ccc(Cl)cc2)C1.[Br-].[Mg+2]. The first-order valence-corrected chi connectivity index (χ1v) is 35.6. The number of carbonyl (C=O) groups excluding carboxylic acids is 4. The van der Waals surface area contributed by atoms with Gasteiger partial charge in [0.15, 0.2) is 11.3 Å². The monoisotopic (exact) mass is 1700 g/mol. The van der Waals surface area contributed by atoms with Gasteiger partial charge in [0, 0.05) is 117 Å². The minimum absolute atomic E-state index is 0. The van der Waals surface area contributed by atoms with Crippen molar-refractivity contribution in [2.45, 2.75) is 151 Å². The Morgan fingerprint density at radius 2 is 0.919 bits per heavy atom. The molecular formula is C76H69BrCl5F3MgN10O15. The van der Waals surface area contributed by atoms with Gasteiger partial charge in [-0.1, -0.05) is 100.0 Å². The number of aromatic amines is 1. The number of H-pyrrole nitrogens is 1. The molecular weight excluding hydrogens is 1630 g/mol. The number of carbonyl (C=O) groups is 4. The van der Waals surface area contributed by atoms with Crippen LogP contribution in [0.1, 0.15) is 125 Å². The van der Waals surface area contributed by atoms with Gasteiger partial charge in [0.05, 0.1) is 28.5 Å². The molecule has 25 nitrogen and oxygen atoms in total. The van der Waals surface area contributed by atoms with E-state index in [1.54, 1.807) is 158 Å². The number of Topliss-reactive ketones (excluding diaryl/α,β-unsaturated/α-hetero) is 1. The number of aromatic nitrogens is 10. The number of alkyl halides is 3. The van der Waals surface area contributed by atoms with Crippen molar-refractivity contribution in [3.63, 3.8) is 0 Å². The fraction of sp³-hybridized carbons (Fsp3) is 0.316. The van der Waals surface area contributed by atoms with Crippen LogP contribution in [0, 0.1) is 6.07 Å². The van der Waals surface area contributed by atoms with Crippen LogP contribution < -0.4 is 39.6 Å². The standard InChI is InChI=1S/C20H15ClFN5O3.C12H12ClFO2.C12H13ClO3.C10H10ClFO.C10H7N5O3.C6H4Cl.C6H8O3.BrH.Mg/c21-13-5-3-12(4-6-13)20(22)8-14(9-20)27-19(29)30-16(25-27)10-26-11-24-17-15(18(26)28)2-1-7-23-17;1-8(15)16-11-6-12(14,7-11)9-2-4-10(13)5-3-9;1-8(14)16-11-6-12(15,7-11)9-2-4-10(13)5-3-9;11-8-3-1-7(2-4-8)10(12)5-9(13)6-10;16-9-6-2-1-3-11-8(6)12-5-15(9)4-7-13-14-10(17)18-7;7-6-4-2-1-3-5-6;1-4(7)9-6-2-5(8)3-6;;/h1-7,11,14H,8-10H2;2-5,11H,6-7H2,1H3;2-5,11,15H,6-7H2,1H3;1-4,9,13H,5-6H2;1-3,5H,4H2,(H,14,17);2-5H;6H,2-3H2,1H3;1H;/q;;;;;-1;;;+2/p-1. The van der Waals surface area contributed by atoms with Crippen LogP contribution in [0.2, 0.25) is 25.1 Å². The molecule has 0 saturated heterocycles. The van der Waals surface area contributed by atoms with Crippen LogP contribution in [-0.4, -0.2) is 130 Å². The molecule has 3 N–H and O–H groups in total. The molecule has 0 radical (unpaired) electrons. The molecule has 0 unspecified atom stereocenters. The third-order valence-electron chi connectivity index (χ3n) is 17.8. The Kier molecular flexibility index (Phi) is 30.8. The Labute approximate surface area is 682 Å². The van der Waals surface area contributed by atoms with Gasteiger partial charge in [-0.05, 0) is 95.1 Å². The summed E-state index contributed by atoms with van der Waals surface area (Å²) in [5.41, 5.74) is -2.44. The predicted molar refractivity (Wildman–Crippen MR) is 401 cm³/mol. The Hall–Kier alpha value is -8.95. The first kappa shape index (κ1) is 87.6. The van der Waals surface area contributed by atoms with Crippen LogP contribution in [0.25, 0.3) is 22.1 Å². The Balaban J connectivity index is 0.000000169. The van der Waals surface area contributed by atoms with Crippen molar-refractivity contribution in [2.75, 3.05) is 0 Å². The first-order chi connectivity index (χ1) is 51.8. The van der Waals surface area contributed by atoms with Crippen molar-refractivity contribution in [3.05, 3.63) is 278 Å². The smallest absolute Gasteiger partial charge is 1.00 e. The molecule has 5 fully saturated rings. The molecule has 5 aliphatic rings. The zero-order valence-corrected chi connectivity index (χ0v) is 66.2. The summed E-state index contributed by atoms with van der Waals surface area (Å²) in [7, 11) is 0. The molecule has 35 heteroatoms. The van der Waals surface area contributed by atoms with Gasteiger partial charge in [-0.25, -0.2) is 47.8 Å². The number of hydrogen-bond acceptors (Lipinski definition) is 21. The zero-order chi connectivity index (χ0) is 78.4. The summed E-state index contributed by atoms with van der Waals surface area (Å²) in [6.07, 6.45) is 7.52. The van der Waals surface area contributed by atoms with Crippen LogP contribution in [-0.2, 0) is 69.1 Å². The van der Waals surface area contributed by atoms with E-state index in [0.29, 0.717) is 84.5 Å². The van der Waals surface area contributed by atoms with Crippen LogP contribution in [0.3, 0.4) is 0 Å². The number of esters is 3. The van der Waals surface area contributed by atoms with Gasteiger partial charge < -0.3 is 50.2 Å². The number of halogens is 9. The van der Waals surface area contributed by atoms with Gasteiger partial charge in [0.25, 0.3) is 11.1 Å². The van der Waals surface area contributed by atoms with E-state index in [4.69, 9.17) is 86.2 Å². The molecule has 5 saturated carbocycles. The van der Waals surface area contributed by atoms with Crippen molar-refractivity contribution in [1.29, 1.82) is 0 Å². The number of benzene rings is 5. The normalized spacial score (nSPS) is 21.5. The molecule has 11 aromatic rings. The van der Waals surface area contributed by atoms with Crippen LogP contribution in [0.15, 0.2) is 199 Å². The van der Waals surface area contributed by atoms with Crippen molar-refractivity contribution < 1.29 is 82.6 Å². The van der Waals surface area contributed by atoms with E-state index in [-0.39, 0.29) is 157 Å². The summed E-state index contributed by atoms with van der Waals surface area (Å²) < 4.78 is 71.4. The maximum atomic E-state index is 15.1. The van der Waals surface area contributed by atoms with Gasteiger partial charge in [-0.15, -0.1) is 21.8 Å². The first-order valence-electron chi connectivity index (χ1n) is 33.7. The number of aliphatic hydroxyl groups is 2. The van der Waals surface area contributed by atoms with Crippen molar-refractivity contribution >= 4 is 127 Å². The van der Waals surface area contributed by atoms with Crippen LogP contribution in [0.5, 0.6) is 0 Å². The van der Waals surface area contributed by atoms with Crippen molar-refractivity contribution in [3.8, 4) is 0 Å². The van der Waals surface area contributed by atoms with E-state index in [1.807, 2.05) is 0 Å². The summed E-state index contributed by atoms with van der Waals surface area (Å²) in [6, 6.07) is 43.1. The van der Waals surface area contributed by atoms with Gasteiger partial charge in [0.1, 0.15) is 66.8 Å². The van der Waals surface area contributed by atoms with E-state index in [2.05, 4.69) is 41.3 Å². The second kappa shape index (κ2) is 39.0. The number of aliphatic hydroxyl groups excluding tert-OH is 1. The predicted octanol–water partition coefficient (Wildman–Crippen LogP) is 9.55. The van der Waals surface area contributed by atoms with Gasteiger partial charge in [-0.3, -0.25) is 37.9 Å². The van der Waals surface area contributed by atoms with Gasteiger partial charge >= 0.3 is 52.5 Å².